The Balaban J connectivity index is 1.13. The first-order valence-electron chi connectivity index (χ1n) is 21.4. The van der Waals surface area contributed by atoms with Crippen molar-refractivity contribution in [1.29, 1.82) is 0 Å². The number of para-hydroxylation sites is 1. The van der Waals surface area contributed by atoms with Crippen LogP contribution in [-0.2, 0) is 6.42 Å². The Morgan fingerprint density at radius 3 is 2.28 bits per heavy atom. The van der Waals surface area contributed by atoms with E-state index >= 15 is 0 Å². The van der Waals surface area contributed by atoms with Crippen LogP contribution in [0.1, 0.15) is 52.6 Å². The highest BCUT2D eigenvalue weighted by atomic mass is 16.3. The molecule has 11 aromatic rings. The van der Waals surface area contributed by atoms with Crippen molar-refractivity contribution in [2.24, 2.45) is 0 Å². The molecule has 2 aliphatic rings. The van der Waals surface area contributed by atoms with E-state index in [9.17, 15) is 0 Å². The number of allylic oxidation sites excluding steroid dienone is 1. The van der Waals surface area contributed by atoms with Gasteiger partial charge in [0.1, 0.15) is 11.2 Å². The molecule has 7 heterocycles. The summed E-state index contributed by atoms with van der Waals surface area (Å²) in [4.78, 5) is 0. The zero-order valence-electron chi connectivity index (χ0n) is 34.1. The highest BCUT2D eigenvalue weighted by molar-refractivity contribution is 6.32. The topological polar surface area (TPSA) is 25.3 Å². The van der Waals surface area contributed by atoms with Gasteiger partial charge in [0.15, 0.2) is 24.1 Å². The first-order chi connectivity index (χ1) is 29.4. The first kappa shape index (κ1) is 33.9. The third-order valence-electron chi connectivity index (χ3n) is 14.1. The summed E-state index contributed by atoms with van der Waals surface area (Å²) < 4.78 is 14.0. The summed E-state index contributed by atoms with van der Waals surface area (Å²) in [5.41, 5.74) is 21.1. The van der Waals surface area contributed by atoms with Gasteiger partial charge >= 0.3 is 0 Å². The van der Waals surface area contributed by atoms with E-state index in [0.717, 1.165) is 41.5 Å². The Labute approximate surface area is 348 Å². The van der Waals surface area contributed by atoms with Crippen LogP contribution in [0.2, 0.25) is 0 Å². The zero-order valence-corrected chi connectivity index (χ0v) is 34.1. The number of rotatable bonds is 1. The van der Waals surface area contributed by atoms with E-state index in [1.165, 1.54) is 105 Å². The van der Waals surface area contributed by atoms with Crippen molar-refractivity contribution >= 4 is 65.7 Å². The predicted molar refractivity (Wildman–Crippen MR) is 246 cm³/mol. The largest absolute Gasteiger partial charge is 0.456 e. The molecule has 0 N–H and O–H groups in total. The van der Waals surface area contributed by atoms with Crippen molar-refractivity contribution in [1.82, 2.24) is 4.40 Å². The van der Waals surface area contributed by atoms with Gasteiger partial charge in [-0.3, -0.25) is 0 Å². The number of aromatic nitrogens is 3. The lowest BCUT2D eigenvalue weighted by atomic mass is 9.77. The maximum absolute atomic E-state index is 6.54. The molecule has 4 nitrogen and oxygen atoms in total. The van der Waals surface area contributed by atoms with Gasteiger partial charge in [0.25, 0.3) is 0 Å². The van der Waals surface area contributed by atoms with E-state index in [1.54, 1.807) is 0 Å². The summed E-state index contributed by atoms with van der Waals surface area (Å²) in [5, 5.41) is 7.45. The normalized spacial score (nSPS) is 16.4. The van der Waals surface area contributed by atoms with E-state index in [4.69, 9.17) is 11.0 Å². The lowest BCUT2D eigenvalue weighted by Gasteiger charge is -2.31. The zero-order chi connectivity index (χ0) is 40.0. The number of hydrogen-bond acceptors (Lipinski definition) is 1. The van der Waals surface area contributed by atoms with E-state index in [2.05, 4.69) is 180 Å². The summed E-state index contributed by atoms with van der Waals surface area (Å²) in [6.45, 7) is 11.6. The summed E-state index contributed by atoms with van der Waals surface area (Å²) in [6, 6.07) is 50.2. The van der Waals surface area contributed by atoms with Crippen LogP contribution in [0, 0.1) is 20.8 Å². The molecule has 0 radical (unpaired) electrons. The summed E-state index contributed by atoms with van der Waals surface area (Å²) in [6.07, 6.45) is 7.34. The van der Waals surface area contributed by atoms with Crippen LogP contribution in [0.15, 0.2) is 157 Å². The van der Waals surface area contributed by atoms with Gasteiger partial charge in [-0.05, 0) is 134 Å². The number of pyridine rings is 2. The van der Waals surface area contributed by atoms with Gasteiger partial charge in [-0.25, -0.2) is 0 Å². The van der Waals surface area contributed by atoms with Crippen LogP contribution >= 0.6 is 0 Å². The maximum atomic E-state index is 6.54. The average Bonchev–Trinajstić information content (AvgIpc) is 3.91. The second-order valence-electron chi connectivity index (χ2n) is 17.5. The quantitative estimate of drug-likeness (QED) is 0.153. The Hall–Kier alpha value is -7.04. The molecule has 286 valence electrons. The number of nitrogens with zero attached hydrogens (tertiary/aromatic N) is 3. The number of furan rings is 1. The second kappa shape index (κ2) is 12.2. The fraction of sp³-hybridized carbons (Fsp3) is 0.143. The standard InChI is InChI=1S/C56H43N3O/c1-32-25-33(2)53(34(3)26-32)37-28-44-43-31-42-36(30-50(43)59-48-21-22-52-55(54(48)45(29-37)56(44)59)41-15-7-8-18-51(41)60-52)19-20-40-38-13-5-6-14-39(38)46-16-10-12-24-58(46)49(40)27-35(4)57-23-11-9-17-47(42)57/h5-18,21-26,28-31,40,49H,4,19-20,27H2,1-3H3/q+2. The smallest absolute Gasteiger partial charge is 0.218 e. The Morgan fingerprint density at radius 2 is 1.40 bits per heavy atom. The molecule has 60 heavy (non-hydrogen) atoms. The van der Waals surface area contributed by atoms with Crippen molar-refractivity contribution in [2.75, 3.05) is 0 Å². The maximum Gasteiger partial charge on any atom is 0.218 e. The molecule has 0 saturated heterocycles. The molecular formula is C56H43N3O+2. The molecule has 0 bridgehead atoms. The Morgan fingerprint density at radius 1 is 0.633 bits per heavy atom. The van der Waals surface area contributed by atoms with Crippen LogP contribution in [0.3, 0.4) is 0 Å². The first-order valence-corrected chi connectivity index (χ1v) is 21.4. The summed E-state index contributed by atoms with van der Waals surface area (Å²) >= 11 is 0. The van der Waals surface area contributed by atoms with Crippen molar-refractivity contribution in [2.45, 2.75) is 52.0 Å². The van der Waals surface area contributed by atoms with E-state index in [0.29, 0.717) is 5.92 Å². The van der Waals surface area contributed by atoms with Crippen LogP contribution in [0.25, 0.3) is 99.4 Å². The van der Waals surface area contributed by atoms with Crippen molar-refractivity contribution < 1.29 is 13.6 Å². The van der Waals surface area contributed by atoms with Crippen LogP contribution in [-0.4, -0.2) is 4.40 Å². The molecule has 0 spiro atoms. The van der Waals surface area contributed by atoms with E-state index in [-0.39, 0.29) is 6.04 Å². The van der Waals surface area contributed by atoms with Crippen LogP contribution in [0.5, 0.6) is 0 Å². The number of fused-ring (bicyclic) bond motifs is 19. The van der Waals surface area contributed by atoms with E-state index in [1.807, 2.05) is 0 Å². The fourth-order valence-corrected chi connectivity index (χ4v) is 11.8. The molecule has 2 atom stereocenters. The highest BCUT2D eigenvalue weighted by Crippen LogP contribution is 2.49. The second-order valence-corrected chi connectivity index (χ2v) is 17.5. The minimum atomic E-state index is 0.247. The van der Waals surface area contributed by atoms with Crippen molar-refractivity contribution in [3.8, 4) is 33.6 Å². The minimum absolute atomic E-state index is 0.247. The third kappa shape index (κ3) is 4.56. The van der Waals surface area contributed by atoms with Gasteiger partial charge in [0.2, 0.25) is 11.4 Å². The van der Waals surface area contributed by atoms with Crippen LogP contribution < -0.4 is 9.13 Å². The van der Waals surface area contributed by atoms with Gasteiger partial charge < -0.3 is 8.82 Å². The van der Waals surface area contributed by atoms with Crippen molar-refractivity contribution in [3.05, 3.63) is 180 Å². The molecule has 2 aliphatic heterocycles. The van der Waals surface area contributed by atoms with Gasteiger partial charge in [-0.2, -0.15) is 9.13 Å². The molecule has 6 aromatic carbocycles. The molecule has 0 aliphatic carbocycles. The number of hydrogen-bond donors (Lipinski definition) is 0. The van der Waals surface area contributed by atoms with Gasteiger partial charge in [-0.1, -0.05) is 54.1 Å². The summed E-state index contributed by atoms with van der Waals surface area (Å²) in [7, 11) is 0. The molecule has 2 unspecified atom stereocenters. The lowest BCUT2D eigenvalue weighted by Crippen LogP contribution is -2.49. The monoisotopic (exact) mass is 773 g/mol. The lowest BCUT2D eigenvalue weighted by molar-refractivity contribution is -0.720. The van der Waals surface area contributed by atoms with Crippen LogP contribution in [0.4, 0.5) is 0 Å². The van der Waals surface area contributed by atoms with Gasteiger partial charge in [-0.15, -0.1) is 0 Å². The Kier molecular flexibility index (Phi) is 6.92. The SMILES string of the molecule is C=C1CC2C(CCc3cc4c(cc3-c3cccc[n+]31)c1cc(-c3c(C)cc(C)cc3C)cc3c5c6c(ccc5n4c13)oc1ccccc16)c1ccccc1-c1cccc[n+]12. The molecule has 4 heteroatoms. The molecule has 5 aromatic heterocycles. The Bertz CT molecular complexity index is 3630. The van der Waals surface area contributed by atoms with Gasteiger partial charge in [0, 0.05) is 68.1 Å². The number of benzene rings is 6. The van der Waals surface area contributed by atoms with Crippen molar-refractivity contribution in [3.63, 3.8) is 0 Å². The molecular weight excluding hydrogens is 731 g/mol. The van der Waals surface area contributed by atoms with E-state index < -0.39 is 0 Å². The molecule has 0 fully saturated rings. The molecule has 0 amide bonds. The summed E-state index contributed by atoms with van der Waals surface area (Å²) in [5.74, 6) is 0.326. The fourth-order valence-electron chi connectivity index (χ4n) is 11.8. The highest BCUT2D eigenvalue weighted by Gasteiger charge is 2.42. The molecule has 0 saturated carbocycles. The molecule has 13 rings (SSSR count). The van der Waals surface area contributed by atoms with Gasteiger partial charge in [0.05, 0.1) is 28.5 Å². The predicted octanol–water partition coefficient (Wildman–Crippen LogP) is 13.4. The number of aryl methyl sites for hydroxylation is 4. The third-order valence-corrected chi connectivity index (χ3v) is 14.1. The average molecular weight is 774 g/mol. The minimum Gasteiger partial charge on any atom is -0.456 e.